The molecule has 1 aromatic heterocycles. The predicted molar refractivity (Wildman–Crippen MR) is 46.8 cm³/mol. The number of hydrogen-bond donors (Lipinski definition) is 0. The molecule has 0 aliphatic carbocycles. The van der Waals surface area contributed by atoms with Crippen molar-refractivity contribution in [3.63, 3.8) is 0 Å². The van der Waals surface area contributed by atoms with Gasteiger partial charge in [-0.2, -0.15) is 0 Å². The SMILES string of the molecule is Cc1ccc(C(Br)C=O)s1. The summed E-state index contributed by atoms with van der Waals surface area (Å²) in [7, 11) is 0. The van der Waals surface area contributed by atoms with Crippen LogP contribution in [0.15, 0.2) is 12.1 Å². The number of halogens is 1. The third-order valence-electron chi connectivity index (χ3n) is 1.15. The smallest absolute Gasteiger partial charge is 0.138 e. The van der Waals surface area contributed by atoms with Gasteiger partial charge < -0.3 is 4.79 Å². The van der Waals surface area contributed by atoms with Gasteiger partial charge in [-0.25, -0.2) is 0 Å². The number of thiophene rings is 1. The van der Waals surface area contributed by atoms with E-state index in [1.54, 1.807) is 11.3 Å². The summed E-state index contributed by atoms with van der Waals surface area (Å²) >= 11 is 4.88. The van der Waals surface area contributed by atoms with Gasteiger partial charge in [0, 0.05) is 9.75 Å². The van der Waals surface area contributed by atoms with Gasteiger partial charge in [0.25, 0.3) is 0 Å². The molecule has 1 heterocycles. The van der Waals surface area contributed by atoms with Crippen molar-refractivity contribution in [3.8, 4) is 0 Å². The van der Waals surface area contributed by atoms with Crippen LogP contribution in [0.3, 0.4) is 0 Å². The highest BCUT2D eigenvalue weighted by atomic mass is 79.9. The minimum Gasteiger partial charge on any atom is -0.302 e. The fourth-order valence-electron chi connectivity index (χ4n) is 0.669. The molecule has 1 aromatic rings. The van der Waals surface area contributed by atoms with Crippen molar-refractivity contribution in [1.29, 1.82) is 0 Å². The Kier molecular flexibility index (Phi) is 2.63. The largest absolute Gasteiger partial charge is 0.302 e. The van der Waals surface area contributed by atoms with Gasteiger partial charge >= 0.3 is 0 Å². The van der Waals surface area contributed by atoms with Crippen molar-refractivity contribution in [1.82, 2.24) is 0 Å². The standard InChI is InChI=1S/C7H7BrOS/c1-5-2-3-7(10-5)6(8)4-9/h2-4,6H,1H3. The van der Waals surface area contributed by atoms with Crippen molar-refractivity contribution in [2.24, 2.45) is 0 Å². The van der Waals surface area contributed by atoms with Gasteiger partial charge in [-0.3, -0.25) is 0 Å². The second-order valence-electron chi connectivity index (χ2n) is 1.99. The molecule has 1 atom stereocenters. The number of aryl methyl sites for hydroxylation is 1. The molecule has 0 fully saturated rings. The van der Waals surface area contributed by atoms with Gasteiger partial charge in [0.15, 0.2) is 0 Å². The first-order valence-electron chi connectivity index (χ1n) is 2.89. The van der Waals surface area contributed by atoms with Gasteiger partial charge in [-0.1, -0.05) is 15.9 Å². The second-order valence-corrected chi connectivity index (χ2v) is 4.29. The zero-order chi connectivity index (χ0) is 7.56. The highest BCUT2D eigenvalue weighted by Gasteiger charge is 2.06. The molecular formula is C7H7BrOS. The third kappa shape index (κ3) is 1.67. The zero-order valence-electron chi connectivity index (χ0n) is 5.50. The van der Waals surface area contributed by atoms with E-state index in [0.717, 1.165) is 11.2 Å². The summed E-state index contributed by atoms with van der Waals surface area (Å²) in [5.41, 5.74) is 0. The van der Waals surface area contributed by atoms with Gasteiger partial charge in [-0.15, -0.1) is 11.3 Å². The normalized spacial score (nSPS) is 13.0. The molecule has 1 unspecified atom stereocenters. The highest BCUT2D eigenvalue weighted by Crippen LogP contribution is 2.26. The molecule has 0 amide bonds. The molecule has 0 N–H and O–H groups in total. The first-order chi connectivity index (χ1) is 4.74. The Morgan fingerprint density at radius 2 is 2.40 bits per heavy atom. The van der Waals surface area contributed by atoms with Gasteiger partial charge in [0.2, 0.25) is 0 Å². The summed E-state index contributed by atoms with van der Waals surface area (Å²) in [6, 6.07) is 3.98. The molecule has 0 spiro atoms. The van der Waals surface area contributed by atoms with Gasteiger partial charge in [0.1, 0.15) is 11.1 Å². The zero-order valence-corrected chi connectivity index (χ0v) is 7.91. The Labute approximate surface area is 72.2 Å². The quantitative estimate of drug-likeness (QED) is 0.552. The molecule has 1 nitrogen and oxygen atoms in total. The summed E-state index contributed by atoms with van der Waals surface area (Å²) in [5, 5.41) is 0. The topological polar surface area (TPSA) is 17.1 Å². The monoisotopic (exact) mass is 218 g/mol. The molecule has 1 rings (SSSR count). The first kappa shape index (κ1) is 7.95. The van der Waals surface area contributed by atoms with Gasteiger partial charge in [-0.05, 0) is 19.1 Å². The lowest BCUT2D eigenvalue weighted by Crippen LogP contribution is -1.83. The van der Waals surface area contributed by atoms with E-state index in [1.807, 2.05) is 19.1 Å². The molecule has 0 aromatic carbocycles. The number of aldehydes is 1. The molecule has 54 valence electrons. The molecule has 0 bridgehead atoms. The number of rotatable bonds is 2. The summed E-state index contributed by atoms with van der Waals surface area (Å²) < 4.78 is 0. The lowest BCUT2D eigenvalue weighted by molar-refractivity contribution is -0.107. The van der Waals surface area contributed by atoms with Crippen molar-refractivity contribution in [2.45, 2.75) is 11.8 Å². The molecule has 0 aliphatic rings. The Morgan fingerprint density at radius 1 is 1.70 bits per heavy atom. The summed E-state index contributed by atoms with van der Waals surface area (Å²) in [5.74, 6) is 0. The van der Waals surface area contributed by atoms with Crippen molar-refractivity contribution in [3.05, 3.63) is 21.9 Å². The molecule has 3 heteroatoms. The van der Waals surface area contributed by atoms with E-state index in [0.29, 0.717) is 0 Å². The molecule has 0 aliphatic heterocycles. The molecule has 0 radical (unpaired) electrons. The van der Waals surface area contributed by atoms with Crippen LogP contribution in [0.2, 0.25) is 0 Å². The minimum atomic E-state index is -0.119. The Balaban J connectivity index is 2.84. The Bertz CT molecular complexity index is 231. The summed E-state index contributed by atoms with van der Waals surface area (Å²) in [6.45, 7) is 2.03. The van der Waals surface area contributed by atoms with Crippen LogP contribution in [0, 0.1) is 6.92 Å². The van der Waals surface area contributed by atoms with E-state index in [2.05, 4.69) is 15.9 Å². The average molecular weight is 219 g/mol. The second kappa shape index (κ2) is 3.30. The van der Waals surface area contributed by atoms with Crippen LogP contribution in [0.4, 0.5) is 0 Å². The van der Waals surface area contributed by atoms with Crippen LogP contribution < -0.4 is 0 Å². The average Bonchev–Trinajstić information content (AvgIpc) is 2.34. The summed E-state index contributed by atoms with van der Waals surface area (Å²) in [4.78, 5) is 12.5. The maximum Gasteiger partial charge on any atom is 0.138 e. The number of hydrogen-bond acceptors (Lipinski definition) is 2. The van der Waals surface area contributed by atoms with E-state index >= 15 is 0 Å². The maximum atomic E-state index is 10.3. The summed E-state index contributed by atoms with van der Waals surface area (Å²) in [6.07, 6.45) is 0.894. The fourth-order valence-corrected chi connectivity index (χ4v) is 1.91. The fraction of sp³-hybridized carbons (Fsp3) is 0.286. The molecule has 10 heavy (non-hydrogen) atoms. The Morgan fingerprint density at radius 3 is 2.80 bits per heavy atom. The predicted octanol–water partition coefficient (Wildman–Crippen LogP) is 2.69. The number of carbonyl (C=O) groups is 1. The first-order valence-corrected chi connectivity index (χ1v) is 4.63. The molecule has 0 saturated carbocycles. The van der Waals surface area contributed by atoms with E-state index in [1.165, 1.54) is 4.88 Å². The van der Waals surface area contributed by atoms with Crippen LogP contribution in [0.5, 0.6) is 0 Å². The van der Waals surface area contributed by atoms with Crippen LogP contribution in [0.1, 0.15) is 14.6 Å². The van der Waals surface area contributed by atoms with Crippen LogP contribution in [-0.2, 0) is 4.79 Å². The Hall–Kier alpha value is -0.150. The highest BCUT2D eigenvalue weighted by molar-refractivity contribution is 9.09. The van der Waals surface area contributed by atoms with Crippen LogP contribution in [0.25, 0.3) is 0 Å². The maximum absolute atomic E-state index is 10.3. The van der Waals surface area contributed by atoms with E-state index in [-0.39, 0.29) is 4.83 Å². The number of carbonyl (C=O) groups excluding carboxylic acids is 1. The third-order valence-corrected chi connectivity index (χ3v) is 3.25. The van der Waals surface area contributed by atoms with Gasteiger partial charge in [0.05, 0.1) is 0 Å². The van der Waals surface area contributed by atoms with E-state index in [9.17, 15) is 4.79 Å². The number of alkyl halides is 1. The lowest BCUT2D eigenvalue weighted by Gasteiger charge is -1.93. The van der Waals surface area contributed by atoms with E-state index in [4.69, 9.17) is 0 Å². The van der Waals surface area contributed by atoms with Crippen molar-refractivity contribution >= 4 is 33.6 Å². The molecule has 0 saturated heterocycles. The van der Waals surface area contributed by atoms with E-state index < -0.39 is 0 Å². The van der Waals surface area contributed by atoms with Crippen LogP contribution >= 0.6 is 27.3 Å². The van der Waals surface area contributed by atoms with Crippen LogP contribution in [-0.4, -0.2) is 6.29 Å². The minimum absolute atomic E-state index is 0.119. The molecular weight excluding hydrogens is 212 g/mol. The van der Waals surface area contributed by atoms with Crippen molar-refractivity contribution < 1.29 is 4.79 Å². The van der Waals surface area contributed by atoms with Crippen molar-refractivity contribution in [2.75, 3.05) is 0 Å². The lowest BCUT2D eigenvalue weighted by atomic mass is 10.4.